The van der Waals surface area contributed by atoms with Crippen molar-refractivity contribution in [2.45, 2.75) is 207 Å². The molecule has 330 valence electrons. The Morgan fingerprint density at radius 3 is 1.33 bits per heavy atom. The van der Waals surface area contributed by atoms with Gasteiger partial charge >= 0.3 is 11.9 Å². The van der Waals surface area contributed by atoms with E-state index >= 15 is 0 Å². The van der Waals surface area contributed by atoms with Crippen LogP contribution in [0.1, 0.15) is 201 Å². The highest BCUT2D eigenvalue weighted by Crippen LogP contribution is 2.13. The Balaban J connectivity index is 4.34. The van der Waals surface area contributed by atoms with E-state index in [9.17, 15) is 9.59 Å². The van der Waals surface area contributed by atoms with Gasteiger partial charge < -0.3 is 14.2 Å². The molecule has 1 atom stereocenters. The van der Waals surface area contributed by atoms with Crippen LogP contribution in [-0.4, -0.2) is 37.9 Å². The van der Waals surface area contributed by atoms with Crippen molar-refractivity contribution in [2.75, 3.05) is 19.8 Å². The first-order valence-electron chi connectivity index (χ1n) is 23.8. The van der Waals surface area contributed by atoms with E-state index in [1.54, 1.807) is 0 Å². The number of rotatable bonds is 42. The van der Waals surface area contributed by atoms with E-state index < -0.39 is 6.10 Å². The zero-order valence-electron chi connectivity index (χ0n) is 37.8. The van der Waals surface area contributed by atoms with Crippen molar-refractivity contribution < 1.29 is 23.8 Å². The van der Waals surface area contributed by atoms with Crippen molar-refractivity contribution >= 4 is 11.9 Å². The van der Waals surface area contributed by atoms with Crippen molar-refractivity contribution in [1.29, 1.82) is 0 Å². The summed E-state index contributed by atoms with van der Waals surface area (Å²) in [4.78, 5) is 25.2. The molecule has 0 rings (SSSR count). The summed E-state index contributed by atoms with van der Waals surface area (Å²) >= 11 is 0. The van der Waals surface area contributed by atoms with Gasteiger partial charge in [0.1, 0.15) is 6.61 Å². The summed E-state index contributed by atoms with van der Waals surface area (Å²) in [5, 5.41) is 0. The number of carbonyl (C=O) groups excluding carboxylic acids is 2. The average Bonchev–Trinajstić information content (AvgIpc) is 3.22. The Hall–Kier alpha value is -3.18. The van der Waals surface area contributed by atoms with Gasteiger partial charge in [0, 0.05) is 13.0 Å². The molecule has 0 spiro atoms. The normalized spacial score (nSPS) is 13.1. The maximum atomic E-state index is 12.7. The molecule has 0 aliphatic carbocycles. The minimum Gasteiger partial charge on any atom is -0.461 e. The quantitative estimate of drug-likeness (QED) is 0.0349. The van der Waals surface area contributed by atoms with E-state index in [2.05, 4.69) is 106 Å². The Labute approximate surface area is 358 Å². The summed E-state index contributed by atoms with van der Waals surface area (Å²) in [6, 6.07) is 0. The highest BCUT2D eigenvalue weighted by Gasteiger charge is 2.17. The molecule has 0 bridgehead atoms. The molecule has 0 heterocycles. The maximum Gasteiger partial charge on any atom is 0.309 e. The Morgan fingerprint density at radius 2 is 0.828 bits per heavy atom. The van der Waals surface area contributed by atoms with Gasteiger partial charge in [0.2, 0.25) is 0 Å². The number of hydrogen-bond acceptors (Lipinski definition) is 5. The second-order valence-corrected chi connectivity index (χ2v) is 15.3. The van der Waals surface area contributed by atoms with Gasteiger partial charge in [0.25, 0.3) is 0 Å². The SMILES string of the molecule is CC/C=C\C/C=C\C/C=C\C/C=C\C/C=C\CC(=O)OCC(COCCCCCCCCCC/C=C\C/C=C\C/C=C\CC)OC(=O)CCCCCCCCCCC. The number of carbonyl (C=O) groups is 2. The minimum atomic E-state index is -0.581. The first kappa shape index (κ1) is 54.8. The molecule has 0 aromatic heterocycles. The van der Waals surface area contributed by atoms with Crippen LogP contribution in [0, 0.1) is 0 Å². The Bertz CT molecular complexity index is 1140. The van der Waals surface area contributed by atoms with Crippen LogP contribution < -0.4 is 0 Å². The number of hydrogen-bond donors (Lipinski definition) is 0. The summed E-state index contributed by atoms with van der Waals surface area (Å²) < 4.78 is 17.2. The van der Waals surface area contributed by atoms with Gasteiger partial charge in [-0.3, -0.25) is 9.59 Å². The molecule has 0 aliphatic heterocycles. The Morgan fingerprint density at radius 1 is 0.414 bits per heavy atom. The number of allylic oxidation sites excluding steroid dienone is 15. The molecule has 0 aliphatic rings. The van der Waals surface area contributed by atoms with Gasteiger partial charge in [0.05, 0.1) is 13.0 Å². The smallest absolute Gasteiger partial charge is 0.309 e. The molecular weight excluding hydrogens is 717 g/mol. The van der Waals surface area contributed by atoms with Crippen molar-refractivity contribution in [2.24, 2.45) is 0 Å². The number of unbranched alkanes of at least 4 members (excludes halogenated alkanes) is 16. The third-order valence-corrected chi connectivity index (χ3v) is 9.65. The van der Waals surface area contributed by atoms with E-state index in [4.69, 9.17) is 14.2 Å². The molecule has 0 N–H and O–H groups in total. The fraction of sp³-hybridized carbons (Fsp3) is 0.660. The standard InChI is InChI=1S/C53H88O5/c1-4-7-10-13-16-19-21-23-25-26-27-29-31-33-36-39-42-45-48-56-49-51(58-53(55)47-44-41-38-34-18-15-12-9-6-3)50-57-52(54)46-43-40-37-35-32-30-28-24-22-20-17-14-11-8-5-2/h7-8,10-11,16-17,19-20,23-25,28,32,35,40,43,51H,4-6,9,12-15,18,21-22,26-27,29-31,33-34,36-39,41-42,44-50H2,1-3H3/b10-7-,11-8-,19-16-,20-17-,25-23-,28-24-,35-32-,43-40-. The molecule has 0 saturated heterocycles. The van der Waals surface area contributed by atoms with E-state index in [1.165, 1.54) is 83.5 Å². The fourth-order valence-electron chi connectivity index (χ4n) is 6.18. The van der Waals surface area contributed by atoms with Crippen molar-refractivity contribution in [1.82, 2.24) is 0 Å². The average molecular weight is 805 g/mol. The molecule has 58 heavy (non-hydrogen) atoms. The summed E-state index contributed by atoms with van der Waals surface area (Å²) in [7, 11) is 0. The molecule has 1 unspecified atom stereocenters. The van der Waals surface area contributed by atoms with Crippen LogP contribution >= 0.6 is 0 Å². The third kappa shape index (κ3) is 45.5. The van der Waals surface area contributed by atoms with Gasteiger partial charge in [-0.15, -0.1) is 0 Å². The zero-order valence-corrected chi connectivity index (χ0v) is 37.8. The molecular formula is C53H88O5. The van der Waals surface area contributed by atoms with Gasteiger partial charge in [-0.1, -0.05) is 208 Å². The van der Waals surface area contributed by atoms with E-state index in [1.807, 2.05) is 12.2 Å². The van der Waals surface area contributed by atoms with Crippen LogP contribution in [0.3, 0.4) is 0 Å². The van der Waals surface area contributed by atoms with Crippen LogP contribution in [0.15, 0.2) is 97.2 Å². The molecule has 5 heteroatoms. The summed E-state index contributed by atoms with van der Waals surface area (Å²) in [6.07, 6.45) is 64.4. The Kier molecular flexibility index (Phi) is 45.5. The lowest BCUT2D eigenvalue weighted by Gasteiger charge is -2.18. The van der Waals surface area contributed by atoms with Crippen molar-refractivity contribution in [3.63, 3.8) is 0 Å². The van der Waals surface area contributed by atoms with Crippen molar-refractivity contribution in [3.8, 4) is 0 Å². The lowest BCUT2D eigenvalue weighted by atomic mass is 10.1. The fourth-order valence-corrected chi connectivity index (χ4v) is 6.18. The number of esters is 2. The third-order valence-electron chi connectivity index (χ3n) is 9.65. The second-order valence-electron chi connectivity index (χ2n) is 15.3. The maximum absolute atomic E-state index is 12.7. The van der Waals surface area contributed by atoms with E-state index in [0.29, 0.717) is 13.0 Å². The van der Waals surface area contributed by atoms with Crippen LogP contribution in [-0.2, 0) is 23.8 Å². The van der Waals surface area contributed by atoms with Crippen LogP contribution in [0.5, 0.6) is 0 Å². The van der Waals surface area contributed by atoms with Gasteiger partial charge in [0.15, 0.2) is 6.10 Å². The van der Waals surface area contributed by atoms with E-state index in [0.717, 1.165) is 83.5 Å². The summed E-state index contributed by atoms with van der Waals surface area (Å²) in [5.41, 5.74) is 0. The summed E-state index contributed by atoms with van der Waals surface area (Å²) in [5.74, 6) is -0.554. The molecule has 0 aromatic carbocycles. The summed E-state index contributed by atoms with van der Waals surface area (Å²) in [6.45, 7) is 7.45. The number of ether oxygens (including phenoxy) is 3. The first-order valence-corrected chi connectivity index (χ1v) is 23.8. The second kappa shape index (κ2) is 48.2. The van der Waals surface area contributed by atoms with E-state index in [-0.39, 0.29) is 31.6 Å². The van der Waals surface area contributed by atoms with Crippen molar-refractivity contribution in [3.05, 3.63) is 97.2 Å². The van der Waals surface area contributed by atoms with Gasteiger partial charge in [-0.05, 0) is 77.0 Å². The monoisotopic (exact) mass is 805 g/mol. The minimum absolute atomic E-state index is 0.0246. The zero-order chi connectivity index (χ0) is 42.1. The lowest BCUT2D eigenvalue weighted by molar-refractivity contribution is -0.162. The highest BCUT2D eigenvalue weighted by molar-refractivity contribution is 5.71. The van der Waals surface area contributed by atoms with Crippen LogP contribution in [0.4, 0.5) is 0 Å². The topological polar surface area (TPSA) is 61.8 Å². The van der Waals surface area contributed by atoms with Crippen LogP contribution in [0.2, 0.25) is 0 Å². The molecule has 0 radical (unpaired) electrons. The molecule has 0 aromatic rings. The van der Waals surface area contributed by atoms with Crippen LogP contribution in [0.25, 0.3) is 0 Å². The molecule has 0 amide bonds. The first-order chi connectivity index (χ1) is 28.6. The molecule has 0 fully saturated rings. The van der Waals surface area contributed by atoms with Gasteiger partial charge in [-0.2, -0.15) is 0 Å². The largest absolute Gasteiger partial charge is 0.461 e. The van der Waals surface area contributed by atoms with Gasteiger partial charge in [-0.25, -0.2) is 0 Å². The predicted octanol–water partition coefficient (Wildman–Crippen LogP) is 15.9. The predicted molar refractivity (Wildman–Crippen MR) is 251 cm³/mol. The highest BCUT2D eigenvalue weighted by atomic mass is 16.6. The lowest BCUT2D eigenvalue weighted by Crippen LogP contribution is -2.30. The molecule has 0 saturated carbocycles. The molecule has 5 nitrogen and oxygen atoms in total.